The molecule has 1 aliphatic carbocycles. The van der Waals surface area contributed by atoms with Crippen molar-refractivity contribution < 1.29 is 13.9 Å². The number of ketones is 1. The van der Waals surface area contributed by atoms with E-state index in [-0.39, 0.29) is 17.5 Å². The Labute approximate surface area is 192 Å². The minimum absolute atomic E-state index is 0.159. The third kappa shape index (κ3) is 3.99. The molecule has 1 N–H and O–H groups in total. The van der Waals surface area contributed by atoms with E-state index in [0.29, 0.717) is 28.9 Å². The number of fused-ring (bicyclic) bond motifs is 1. The Morgan fingerprint density at radius 2 is 2.06 bits per heavy atom. The SMILES string of the molecule is COc1cc(Nc2nc3c(s2)CC(=O)CC3c2ccc(F)cc2)ccc1-n1cnc(Cl)c1. The van der Waals surface area contributed by atoms with Crippen LogP contribution >= 0.6 is 22.9 Å². The van der Waals surface area contributed by atoms with Crippen molar-refractivity contribution in [2.75, 3.05) is 12.4 Å². The van der Waals surface area contributed by atoms with Crippen LogP contribution in [0.4, 0.5) is 15.2 Å². The van der Waals surface area contributed by atoms with Gasteiger partial charge in [0.2, 0.25) is 0 Å². The highest BCUT2D eigenvalue weighted by Crippen LogP contribution is 2.40. The van der Waals surface area contributed by atoms with Crippen LogP contribution in [-0.4, -0.2) is 27.4 Å². The molecule has 4 aromatic rings. The molecule has 6 nitrogen and oxygen atoms in total. The first-order valence-corrected chi connectivity index (χ1v) is 11.1. The zero-order valence-corrected chi connectivity index (χ0v) is 18.6. The van der Waals surface area contributed by atoms with Crippen molar-refractivity contribution in [1.82, 2.24) is 14.5 Å². The van der Waals surface area contributed by atoms with Crippen LogP contribution in [0.2, 0.25) is 5.15 Å². The van der Waals surface area contributed by atoms with Crippen molar-refractivity contribution in [2.24, 2.45) is 0 Å². The fraction of sp³-hybridized carbons (Fsp3) is 0.174. The van der Waals surface area contributed by atoms with Gasteiger partial charge in [-0.05, 0) is 29.8 Å². The number of rotatable bonds is 5. The molecule has 9 heteroatoms. The van der Waals surface area contributed by atoms with E-state index in [9.17, 15) is 9.18 Å². The Balaban J connectivity index is 1.44. The van der Waals surface area contributed by atoms with E-state index < -0.39 is 0 Å². The maximum Gasteiger partial charge on any atom is 0.187 e. The van der Waals surface area contributed by atoms with E-state index in [1.54, 1.807) is 36.3 Å². The van der Waals surface area contributed by atoms with Gasteiger partial charge >= 0.3 is 0 Å². The third-order valence-electron chi connectivity index (χ3n) is 5.38. The van der Waals surface area contributed by atoms with Gasteiger partial charge in [0, 0.05) is 41.6 Å². The van der Waals surface area contributed by atoms with Crippen LogP contribution in [0.1, 0.15) is 28.5 Å². The van der Waals surface area contributed by atoms with Gasteiger partial charge in [-0.25, -0.2) is 14.4 Å². The summed E-state index contributed by atoms with van der Waals surface area (Å²) < 4.78 is 20.7. The van der Waals surface area contributed by atoms with Gasteiger partial charge in [0.15, 0.2) is 5.13 Å². The van der Waals surface area contributed by atoms with Crippen LogP contribution in [-0.2, 0) is 11.2 Å². The molecule has 5 rings (SSSR count). The highest BCUT2D eigenvalue weighted by molar-refractivity contribution is 7.15. The van der Waals surface area contributed by atoms with Gasteiger partial charge in [-0.2, -0.15) is 0 Å². The number of nitrogens with zero attached hydrogens (tertiary/aromatic N) is 3. The van der Waals surface area contributed by atoms with E-state index in [1.807, 2.05) is 18.2 Å². The predicted molar refractivity (Wildman–Crippen MR) is 122 cm³/mol. The number of benzene rings is 2. The number of anilines is 2. The van der Waals surface area contributed by atoms with Crippen molar-refractivity contribution in [3.63, 3.8) is 0 Å². The first-order chi connectivity index (χ1) is 15.5. The number of methoxy groups -OCH3 is 1. The molecule has 0 amide bonds. The molecule has 0 saturated heterocycles. The van der Waals surface area contributed by atoms with Gasteiger partial charge in [0.1, 0.15) is 28.8 Å². The first-order valence-electron chi connectivity index (χ1n) is 9.92. The van der Waals surface area contributed by atoms with Crippen LogP contribution in [0.3, 0.4) is 0 Å². The first kappa shape index (κ1) is 20.7. The maximum atomic E-state index is 13.4. The molecule has 0 bridgehead atoms. The lowest BCUT2D eigenvalue weighted by Crippen LogP contribution is -2.18. The molecule has 0 aliphatic heterocycles. The number of ether oxygens (including phenoxy) is 1. The smallest absolute Gasteiger partial charge is 0.187 e. The van der Waals surface area contributed by atoms with Gasteiger partial charge < -0.3 is 14.6 Å². The number of nitrogens with one attached hydrogen (secondary N) is 1. The summed E-state index contributed by atoms with van der Waals surface area (Å²) in [7, 11) is 1.60. The molecule has 0 fully saturated rings. The molecule has 2 aromatic carbocycles. The van der Waals surface area contributed by atoms with Crippen molar-refractivity contribution in [3.05, 3.63) is 82.1 Å². The van der Waals surface area contributed by atoms with E-state index in [0.717, 1.165) is 27.5 Å². The van der Waals surface area contributed by atoms with E-state index in [1.165, 1.54) is 23.5 Å². The third-order valence-corrected chi connectivity index (χ3v) is 6.56. The Kier molecular flexibility index (Phi) is 5.40. The van der Waals surface area contributed by atoms with E-state index in [4.69, 9.17) is 21.3 Å². The van der Waals surface area contributed by atoms with Gasteiger partial charge in [-0.15, -0.1) is 11.3 Å². The molecule has 2 aromatic heterocycles. The number of hydrogen-bond donors (Lipinski definition) is 1. The van der Waals surface area contributed by atoms with E-state index in [2.05, 4.69) is 10.3 Å². The number of imidazole rings is 1. The standard InChI is InChI=1S/C23H18ClFN4O2S/c1-31-19-8-15(6-7-18(19)29-11-21(24)26-12-29)27-23-28-22-17(9-16(30)10-20(22)32-23)13-2-4-14(25)5-3-13/h2-8,11-12,17H,9-10H2,1H3,(H,27,28). The Morgan fingerprint density at radius 1 is 1.25 bits per heavy atom. The molecule has 0 spiro atoms. The number of halogens is 2. The van der Waals surface area contributed by atoms with Crippen LogP contribution in [0.5, 0.6) is 5.75 Å². The van der Waals surface area contributed by atoms with Gasteiger partial charge in [0.05, 0.1) is 18.5 Å². The van der Waals surface area contributed by atoms with Crippen LogP contribution < -0.4 is 10.1 Å². The van der Waals surface area contributed by atoms with Crippen LogP contribution in [0.15, 0.2) is 55.0 Å². The maximum absolute atomic E-state index is 13.4. The van der Waals surface area contributed by atoms with Crippen LogP contribution in [0, 0.1) is 5.82 Å². The number of hydrogen-bond acceptors (Lipinski definition) is 6. The predicted octanol–water partition coefficient (Wildman–Crippen LogP) is 5.52. The van der Waals surface area contributed by atoms with Gasteiger partial charge in [-0.1, -0.05) is 23.7 Å². The van der Waals surface area contributed by atoms with Gasteiger partial charge in [-0.3, -0.25) is 4.79 Å². The highest BCUT2D eigenvalue weighted by Gasteiger charge is 2.30. The fourth-order valence-corrected chi connectivity index (χ4v) is 5.11. The largest absolute Gasteiger partial charge is 0.494 e. The normalized spacial score (nSPS) is 15.5. The van der Waals surface area contributed by atoms with Crippen molar-refractivity contribution in [2.45, 2.75) is 18.8 Å². The number of carbonyl (C=O) groups excluding carboxylic acids is 1. The Morgan fingerprint density at radius 3 is 2.78 bits per heavy atom. The second kappa shape index (κ2) is 8.37. The van der Waals surface area contributed by atoms with Crippen molar-refractivity contribution in [3.8, 4) is 11.4 Å². The molecule has 2 heterocycles. The lowest BCUT2D eigenvalue weighted by atomic mass is 9.85. The van der Waals surface area contributed by atoms with E-state index >= 15 is 0 Å². The summed E-state index contributed by atoms with van der Waals surface area (Å²) in [5.74, 6) is 0.338. The molecule has 1 atom stereocenters. The molecule has 162 valence electrons. The second-order valence-electron chi connectivity index (χ2n) is 7.47. The molecule has 32 heavy (non-hydrogen) atoms. The minimum Gasteiger partial charge on any atom is -0.494 e. The molecular weight excluding hydrogens is 451 g/mol. The van der Waals surface area contributed by atoms with Crippen molar-refractivity contribution >= 4 is 39.5 Å². The zero-order chi connectivity index (χ0) is 22.2. The van der Waals surface area contributed by atoms with Crippen molar-refractivity contribution in [1.29, 1.82) is 0 Å². The quantitative estimate of drug-likeness (QED) is 0.417. The summed E-state index contributed by atoms with van der Waals surface area (Å²) in [5.41, 5.74) is 3.37. The highest BCUT2D eigenvalue weighted by atomic mass is 35.5. The number of Topliss-reactive ketones (excluding diaryl/α,β-unsaturated/α-hetero) is 1. The summed E-state index contributed by atoms with van der Waals surface area (Å²) in [6, 6.07) is 12.0. The Bertz CT molecular complexity index is 1300. The van der Waals surface area contributed by atoms with Gasteiger partial charge in [0.25, 0.3) is 0 Å². The minimum atomic E-state index is -0.299. The monoisotopic (exact) mass is 468 g/mol. The average Bonchev–Trinajstić information content (AvgIpc) is 3.39. The summed E-state index contributed by atoms with van der Waals surface area (Å²) in [5, 5.41) is 4.41. The fourth-order valence-electron chi connectivity index (χ4n) is 3.89. The molecule has 0 radical (unpaired) electrons. The lowest BCUT2D eigenvalue weighted by Gasteiger charge is -2.20. The lowest BCUT2D eigenvalue weighted by molar-refractivity contribution is -0.119. The Hall–Kier alpha value is -3.23. The number of carbonyl (C=O) groups is 1. The summed E-state index contributed by atoms with van der Waals surface area (Å²) >= 11 is 7.40. The molecule has 1 aliphatic rings. The summed E-state index contributed by atoms with van der Waals surface area (Å²) in [6.45, 7) is 0. The number of aromatic nitrogens is 3. The summed E-state index contributed by atoms with van der Waals surface area (Å²) in [6.07, 6.45) is 4.07. The number of thiazole rings is 1. The average molecular weight is 469 g/mol. The molecular formula is C23H18ClFN4O2S. The summed E-state index contributed by atoms with van der Waals surface area (Å²) in [4.78, 5) is 22.1. The molecule has 0 saturated carbocycles. The molecule has 1 unspecified atom stereocenters. The second-order valence-corrected chi connectivity index (χ2v) is 8.94. The van der Waals surface area contributed by atoms with Crippen LogP contribution in [0.25, 0.3) is 5.69 Å². The zero-order valence-electron chi connectivity index (χ0n) is 17.0. The topological polar surface area (TPSA) is 69.0 Å².